The van der Waals surface area contributed by atoms with Crippen LogP contribution in [-0.2, 0) is 0 Å². The van der Waals surface area contributed by atoms with Crippen molar-refractivity contribution in [2.75, 3.05) is 19.8 Å². The molecule has 3 nitrogen and oxygen atoms in total. The van der Waals surface area contributed by atoms with E-state index in [0.717, 1.165) is 37.0 Å². The summed E-state index contributed by atoms with van der Waals surface area (Å²) in [5.41, 5.74) is 0.578. The zero-order chi connectivity index (χ0) is 26.4. The van der Waals surface area contributed by atoms with Gasteiger partial charge in [-0.3, -0.25) is 0 Å². The Labute approximate surface area is 230 Å². The molecule has 1 fully saturated rings. The SMILES string of the molecule is OCCCCCCCCCC1C2C=CC(C2)C1(CCCCCCCCCO)CCCCCCCCCO. The molecule has 0 saturated heterocycles. The van der Waals surface area contributed by atoms with Crippen LogP contribution in [-0.4, -0.2) is 35.1 Å². The van der Waals surface area contributed by atoms with Gasteiger partial charge in [0.05, 0.1) is 0 Å². The highest BCUT2D eigenvalue weighted by Crippen LogP contribution is 2.62. The van der Waals surface area contributed by atoms with E-state index in [1.165, 1.54) is 141 Å². The monoisotopic (exact) mass is 520 g/mol. The smallest absolute Gasteiger partial charge is 0.0431 e. The van der Waals surface area contributed by atoms with E-state index in [1.54, 1.807) is 0 Å². The van der Waals surface area contributed by atoms with Gasteiger partial charge in [-0.25, -0.2) is 0 Å². The van der Waals surface area contributed by atoms with Gasteiger partial charge in [0, 0.05) is 19.8 Å². The van der Waals surface area contributed by atoms with Gasteiger partial charge in [0.1, 0.15) is 0 Å². The lowest BCUT2D eigenvalue weighted by molar-refractivity contribution is 0.0910. The molecule has 3 heteroatoms. The molecule has 0 aromatic rings. The number of allylic oxidation sites excluding steroid dienone is 2. The predicted octanol–water partition coefficient (Wildman–Crippen LogP) is 9.13. The lowest BCUT2D eigenvalue weighted by Crippen LogP contribution is -2.35. The first kappa shape index (κ1) is 32.8. The third kappa shape index (κ3) is 12.6. The second-order valence-electron chi connectivity index (χ2n) is 12.6. The van der Waals surface area contributed by atoms with Crippen molar-refractivity contribution in [3.05, 3.63) is 12.2 Å². The first-order chi connectivity index (χ1) is 18.3. The summed E-state index contributed by atoms with van der Waals surface area (Å²) in [7, 11) is 0. The van der Waals surface area contributed by atoms with E-state index in [2.05, 4.69) is 12.2 Å². The van der Waals surface area contributed by atoms with Crippen LogP contribution in [0.5, 0.6) is 0 Å². The van der Waals surface area contributed by atoms with Crippen LogP contribution in [0.3, 0.4) is 0 Å². The normalized spacial score (nSPS) is 21.9. The Hall–Kier alpha value is -0.380. The van der Waals surface area contributed by atoms with E-state index >= 15 is 0 Å². The number of unbranched alkanes of at least 4 members (excludes halogenated alkanes) is 18. The maximum atomic E-state index is 9.00. The molecular weight excluding hydrogens is 456 g/mol. The van der Waals surface area contributed by atoms with Gasteiger partial charge in [0.25, 0.3) is 0 Å². The highest BCUT2D eigenvalue weighted by atomic mass is 16.3. The van der Waals surface area contributed by atoms with E-state index in [4.69, 9.17) is 15.3 Å². The third-order valence-corrected chi connectivity index (χ3v) is 9.88. The lowest BCUT2D eigenvalue weighted by atomic mass is 9.61. The molecular formula is C34H64O3. The quantitative estimate of drug-likeness (QED) is 0.0747. The van der Waals surface area contributed by atoms with Gasteiger partial charge in [-0.2, -0.15) is 0 Å². The van der Waals surface area contributed by atoms with Crippen LogP contribution in [0, 0.1) is 23.2 Å². The molecule has 0 spiro atoms. The van der Waals surface area contributed by atoms with Crippen molar-refractivity contribution in [3.63, 3.8) is 0 Å². The fourth-order valence-electron chi connectivity index (χ4n) is 7.78. The molecule has 0 radical (unpaired) electrons. The Balaban J connectivity index is 1.80. The summed E-state index contributed by atoms with van der Waals surface area (Å²) in [5.74, 6) is 2.62. The van der Waals surface area contributed by atoms with Crippen molar-refractivity contribution in [1.82, 2.24) is 0 Å². The number of fused-ring (bicyclic) bond motifs is 2. The highest BCUT2D eigenvalue weighted by Gasteiger charge is 2.53. The van der Waals surface area contributed by atoms with E-state index < -0.39 is 0 Å². The average molecular weight is 521 g/mol. The second-order valence-corrected chi connectivity index (χ2v) is 12.6. The van der Waals surface area contributed by atoms with Crippen LogP contribution in [0.2, 0.25) is 0 Å². The second kappa shape index (κ2) is 21.4. The molecule has 3 atom stereocenters. The van der Waals surface area contributed by atoms with Gasteiger partial charge in [-0.15, -0.1) is 0 Å². The highest BCUT2D eigenvalue weighted by molar-refractivity contribution is 5.19. The number of aliphatic hydroxyl groups excluding tert-OH is 3. The van der Waals surface area contributed by atoms with Crippen LogP contribution in [0.25, 0.3) is 0 Å². The predicted molar refractivity (Wildman–Crippen MR) is 159 cm³/mol. The summed E-state index contributed by atoms with van der Waals surface area (Å²) in [5, 5.41) is 27.0. The molecule has 0 heterocycles. The van der Waals surface area contributed by atoms with Crippen molar-refractivity contribution >= 4 is 0 Å². The zero-order valence-electron chi connectivity index (χ0n) is 24.5. The molecule has 0 amide bonds. The molecule has 1 saturated carbocycles. The van der Waals surface area contributed by atoms with Crippen LogP contribution in [0.15, 0.2) is 12.2 Å². The topological polar surface area (TPSA) is 60.7 Å². The van der Waals surface area contributed by atoms with Crippen LogP contribution in [0.1, 0.15) is 161 Å². The van der Waals surface area contributed by atoms with Crippen molar-refractivity contribution in [2.45, 2.75) is 161 Å². The first-order valence-corrected chi connectivity index (χ1v) is 16.8. The van der Waals surface area contributed by atoms with Gasteiger partial charge in [-0.05, 0) is 68.1 Å². The number of hydrogen-bond acceptors (Lipinski definition) is 3. The first-order valence-electron chi connectivity index (χ1n) is 16.8. The molecule has 2 bridgehead atoms. The van der Waals surface area contributed by atoms with Crippen LogP contribution < -0.4 is 0 Å². The standard InChI is InChI=1S/C34H64O3/c35-27-19-13-7-1-4-10-16-22-33-31-23-24-32(30-31)34(33,25-17-11-5-2-8-14-20-28-36)26-18-12-6-3-9-15-21-29-37/h23-24,31-33,35-37H,1-22,25-30H2. The summed E-state index contributed by atoms with van der Waals surface area (Å²) < 4.78 is 0. The maximum absolute atomic E-state index is 9.00. The van der Waals surface area contributed by atoms with Crippen molar-refractivity contribution < 1.29 is 15.3 Å². The molecule has 2 rings (SSSR count). The van der Waals surface area contributed by atoms with E-state index in [1.807, 2.05) is 0 Å². The minimum Gasteiger partial charge on any atom is -0.396 e. The summed E-state index contributed by atoms with van der Waals surface area (Å²) in [6.07, 6.45) is 38.0. The summed E-state index contributed by atoms with van der Waals surface area (Å²) in [6.45, 7) is 1.06. The molecule has 2 aliphatic carbocycles. The Morgan fingerprint density at radius 2 is 0.838 bits per heavy atom. The Bertz CT molecular complexity index is 525. The van der Waals surface area contributed by atoms with E-state index in [9.17, 15) is 0 Å². The molecule has 37 heavy (non-hydrogen) atoms. The molecule has 0 aliphatic heterocycles. The van der Waals surface area contributed by atoms with Crippen molar-refractivity contribution in [1.29, 1.82) is 0 Å². The third-order valence-electron chi connectivity index (χ3n) is 9.88. The summed E-state index contributed by atoms with van der Waals surface area (Å²) in [4.78, 5) is 0. The fourth-order valence-corrected chi connectivity index (χ4v) is 7.78. The molecule has 218 valence electrons. The van der Waals surface area contributed by atoms with Crippen LogP contribution in [0.4, 0.5) is 0 Å². The number of hydrogen-bond donors (Lipinski definition) is 3. The minimum atomic E-state index is 0.354. The largest absolute Gasteiger partial charge is 0.396 e. The van der Waals surface area contributed by atoms with Crippen LogP contribution >= 0.6 is 0 Å². The molecule has 3 N–H and O–H groups in total. The van der Waals surface area contributed by atoms with Crippen molar-refractivity contribution in [2.24, 2.45) is 23.2 Å². The fraction of sp³-hybridized carbons (Fsp3) is 0.941. The average Bonchev–Trinajstić information content (AvgIpc) is 3.50. The summed E-state index contributed by atoms with van der Waals surface area (Å²) in [6, 6.07) is 0. The lowest BCUT2D eigenvalue weighted by Gasteiger charge is -2.43. The zero-order valence-corrected chi connectivity index (χ0v) is 24.5. The van der Waals surface area contributed by atoms with Gasteiger partial charge in [0.15, 0.2) is 0 Å². The van der Waals surface area contributed by atoms with Gasteiger partial charge < -0.3 is 15.3 Å². The minimum absolute atomic E-state index is 0.354. The number of aliphatic hydroxyl groups is 3. The molecule has 0 aromatic carbocycles. The van der Waals surface area contributed by atoms with Gasteiger partial charge >= 0.3 is 0 Å². The molecule has 0 aromatic heterocycles. The Kier molecular flexibility index (Phi) is 19.0. The molecule has 2 aliphatic rings. The number of rotatable bonds is 27. The summed E-state index contributed by atoms with van der Waals surface area (Å²) >= 11 is 0. The van der Waals surface area contributed by atoms with Gasteiger partial charge in [-0.1, -0.05) is 128 Å². The van der Waals surface area contributed by atoms with Crippen molar-refractivity contribution in [3.8, 4) is 0 Å². The van der Waals surface area contributed by atoms with E-state index in [-0.39, 0.29) is 0 Å². The Morgan fingerprint density at radius 3 is 1.27 bits per heavy atom. The van der Waals surface area contributed by atoms with Gasteiger partial charge in [0.2, 0.25) is 0 Å². The Morgan fingerprint density at radius 1 is 0.459 bits per heavy atom. The molecule has 3 unspecified atom stereocenters. The van der Waals surface area contributed by atoms with E-state index in [0.29, 0.717) is 25.2 Å². The maximum Gasteiger partial charge on any atom is 0.0431 e.